The summed E-state index contributed by atoms with van der Waals surface area (Å²) in [5, 5.41) is 2.64. The van der Waals surface area contributed by atoms with Crippen molar-refractivity contribution in [3.8, 4) is 0 Å². The van der Waals surface area contributed by atoms with Crippen molar-refractivity contribution in [3.05, 3.63) is 29.6 Å². The lowest BCUT2D eigenvalue weighted by molar-refractivity contribution is 0.0952. The molecule has 1 amide bonds. The van der Waals surface area contributed by atoms with E-state index in [0.29, 0.717) is 12.5 Å². The van der Waals surface area contributed by atoms with Gasteiger partial charge in [0.05, 0.1) is 4.90 Å². The highest BCUT2D eigenvalue weighted by Gasteiger charge is 2.15. The zero-order valence-corrected chi connectivity index (χ0v) is 13.6. The van der Waals surface area contributed by atoms with Crippen LogP contribution in [0.25, 0.3) is 0 Å². The van der Waals surface area contributed by atoms with Crippen LogP contribution in [0.4, 0.5) is 4.39 Å². The first-order chi connectivity index (χ1) is 9.70. The quantitative estimate of drug-likeness (QED) is 0.614. The van der Waals surface area contributed by atoms with Gasteiger partial charge in [-0.3, -0.25) is 4.79 Å². The van der Waals surface area contributed by atoms with Crippen LogP contribution in [-0.4, -0.2) is 20.9 Å². The highest BCUT2D eigenvalue weighted by Crippen LogP contribution is 2.18. The summed E-state index contributed by atoms with van der Waals surface area (Å²) < 4.78 is 35.7. The van der Waals surface area contributed by atoms with E-state index in [2.05, 4.69) is 19.2 Å². The van der Waals surface area contributed by atoms with E-state index in [0.717, 1.165) is 37.5 Å². The summed E-state index contributed by atoms with van der Waals surface area (Å²) in [6.07, 6.45) is 2.88. The number of hydrogen-bond donors (Lipinski definition) is 1. The van der Waals surface area contributed by atoms with Crippen molar-refractivity contribution < 1.29 is 17.6 Å². The molecule has 0 aliphatic heterocycles. The summed E-state index contributed by atoms with van der Waals surface area (Å²) in [4.78, 5) is 11.4. The molecule has 0 spiro atoms. The van der Waals surface area contributed by atoms with Gasteiger partial charge in [0.1, 0.15) is 5.82 Å². The Kier molecular flexibility index (Phi) is 6.61. The molecule has 0 heterocycles. The number of rotatable bonds is 7. The van der Waals surface area contributed by atoms with Crippen LogP contribution in [0, 0.1) is 11.7 Å². The van der Waals surface area contributed by atoms with Gasteiger partial charge in [-0.15, -0.1) is 0 Å². The van der Waals surface area contributed by atoms with Crippen LogP contribution in [0.2, 0.25) is 0 Å². The minimum atomic E-state index is -4.07. The molecule has 0 aliphatic carbocycles. The van der Waals surface area contributed by atoms with Crippen molar-refractivity contribution >= 4 is 25.6 Å². The first-order valence-electron chi connectivity index (χ1n) is 6.73. The second-order valence-corrected chi connectivity index (χ2v) is 7.82. The van der Waals surface area contributed by atoms with E-state index in [1.54, 1.807) is 0 Å². The zero-order chi connectivity index (χ0) is 16.0. The maximum Gasteiger partial charge on any atom is 0.261 e. The molecule has 0 aliphatic rings. The number of hydrogen-bond acceptors (Lipinski definition) is 3. The van der Waals surface area contributed by atoms with Crippen molar-refractivity contribution in [2.45, 2.75) is 38.0 Å². The van der Waals surface area contributed by atoms with Gasteiger partial charge in [0.15, 0.2) is 0 Å². The molecule has 0 radical (unpaired) electrons. The predicted octanol–water partition coefficient (Wildman–Crippen LogP) is 3.31. The maximum absolute atomic E-state index is 13.3. The average Bonchev–Trinajstić information content (AvgIpc) is 2.36. The number of unbranched alkanes of at least 4 members (excludes halogenated alkanes) is 1. The smallest absolute Gasteiger partial charge is 0.261 e. The van der Waals surface area contributed by atoms with E-state index < -0.39 is 25.7 Å². The molecule has 1 aromatic carbocycles. The normalized spacial score (nSPS) is 11.7. The number of amides is 1. The van der Waals surface area contributed by atoms with Crippen LogP contribution in [0.15, 0.2) is 23.1 Å². The summed E-state index contributed by atoms with van der Waals surface area (Å²) in [6.45, 7) is 4.71. The van der Waals surface area contributed by atoms with Crippen LogP contribution < -0.4 is 5.32 Å². The fourth-order valence-corrected chi connectivity index (χ4v) is 2.60. The molecule has 0 fully saturated rings. The van der Waals surface area contributed by atoms with Crippen LogP contribution in [0.3, 0.4) is 0 Å². The first-order valence-corrected chi connectivity index (χ1v) is 9.04. The summed E-state index contributed by atoms with van der Waals surface area (Å²) in [5.41, 5.74) is -0.0573. The summed E-state index contributed by atoms with van der Waals surface area (Å²) in [6, 6.07) is 2.83. The number of halogens is 2. The second-order valence-electron chi connectivity index (χ2n) is 5.26. The van der Waals surface area contributed by atoms with Gasteiger partial charge in [-0.1, -0.05) is 26.7 Å². The predicted molar refractivity (Wildman–Crippen MR) is 80.5 cm³/mol. The van der Waals surface area contributed by atoms with Gasteiger partial charge in [0.25, 0.3) is 15.0 Å². The van der Waals surface area contributed by atoms with Crippen molar-refractivity contribution in [1.82, 2.24) is 5.32 Å². The Hall–Kier alpha value is -1.14. The van der Waals surface area contributed by atoms with Gasteiger partial charge >= 0.3 is 0 Å². The maximum atomic E-state index is 13.3. The van der Waals surface area contributed by atoms with Gasteiger partial charge in [0.2, 0.25) is 0 Å². The highest BCUT2D eigenvalue weighted by atomic mass is 35.7. The van der Waals surface area contributed by atoms with Crippen LogP contribution in [0.1, 0.15) is 43.5 Å². The minimum absolute atomic E-state index is 0.0573. The van der Waals surface area contributed by atoms with Gasteiger partial charge < -0.3 is 5.32 Å². The Bertz CT molecular complexity index is 602. The van der Waals surface area contributed by atoms with Gasteiger partial charge in [-0.25, -0.2) is 12.8 Å². The number of carbonyl (C=O) groups is 1. The zero-order valence-electron chi connectivity index (χ0n) is 12.0. The minimum Gasteiger partial charge on any atom is -0.352 e. The van der Waals surface area contributed by atoms with E-state index >= 15 is 0 Å². The number of nitrogens with one attached hydrogen (secondary N) is 1. The molecule has 118 valence electrons. The molecular weight excluding hydrogens is 317 g/mol. The molecular formula is C14H19ClFNO3S. The Morgan fingerprint density at radius 3 is 2.52 bits per heavy atom. The average molecular weight is 336 g/mol. The lowest BCUT2D eigenvalue weighted by atomic mass is 10.1. The van der Waals surface area contributed by atoms with Crippen LogP contribution >= 0.6 is 10.7 Å². The third kappa shape index (κ3) is 6.44. The Morgan fingerprint density at radius 2 is 1.95 bits per heavy atom. The molecule has 7 heteroatoms. The summed E-state index contributed by atoms with van der Waals surface area (Å²) >= 11 is 0. The molecule has 0 saturated carbocycles. The van der Waals surface area contributed by atoms with Gasteiger partial charge in [-0.2, -0.15) is 0 Å². The van der Waals surface area contributed by atoms with Crippen LogP contribution in [0.5, 0.6) is 0 Å². The van der Waals surface area contributed by atoms with Crippen molar-refractivity contribution in [3.63, 3.8) is 0 Å². The number of carbonyl (C=O) groups excluding carboxylic acids is 1. The van der Waals surface area contributed by atoms with Crippen LogP contribution in [-0.2, 0) is 9.05 Å². The lowest BCUT2D eigenvalue weighted by Gasteiger charge is -2.07. The Morgan fingerprint density at radius 1 is 1.29 bits per heavy atom. The van der Waals surface area contributed by atoms with E-state index in [-0.39, 0.29) is 5.56 Å². The molecule has 4 nitrogen and oxygen atoms in total. The van der Waals surface area contributed by atoms with E-state index in [1.807, 2.05) is 0 Å². The molecule has 0 aromatic heterocycles. The molecule has 21 heavy (non-hydrogen) atoms. The third-order valence-corrected chi connectivity index (χ3v) is 4.24. The highest BCUT2D eigenvalue weighted by molar-refractivity contribution is 8.13. The largest absolute Gasteiger partial charge is 0.352 e. The lowest BCUT2D eigenvalue weighted by Crippen LogP contribution is -2.24. The first kappa shape index (κ1) is 17.9. The Labute approximate surface area is 129 Å². The fourth-order valence-electron chi connectivity index (χ4n) is 1.82. The van der Waals surface area contributed by atoms with E-state index in [1.165, 1.54) is 0 Å². The van der Waals surface area contributed by atoms with Crippen molar-refractivity contribution in [2.75, 3.05) is 6.54 Å². The molecule has 1 aromatic rings. The molecule has 0 bridgehead atoms. The molecule has 1 rings (SSSR count). The molecule has 0 saturated heterocycles. The van der Waals surface area contributed by atoms with E-state index in [9.17, 15) is 17.6 Å². The van der Waals surface area contributed by atoms with Gasteiger partial charge in [0, 0.05) is 22.8 Å². The molecule has 0 unspecified atom stereocenters. The van der Waals surface area contributed by atoms with Crippen molar-refractivity contribution in [1.29, 1.82) is 0 Å². The summed E-state index contributed by atoms with van der Waals surface area (Å²) in [7, 11) is 1.09. The second kappa shape index (κ2) is 7.75. The standard InChI is InChI=1S/C14H19ClFNO3S/c1-10(2)5-3-4-6-17-14(18)11-7-12(16)9-13(8-11)21(15,19)20/h7-10H,3-6H2,1-2H3,(H,17,18). The monoisotopic (exact) mass is 335 g/mol. The molecule has 0 atom stereocenters. The fraction of sp³-hybridized carbons (Fsp3) is 0.500. The molecule has 1 N–H and O–H groups in total. The Balaban J connectivity index is 2.64. The van der Waals surface area contributed by atoms with Crippen molar-refractivity contribution in [2.24, 2.45) is 5.92 Å². The third-order valence-electron chi connectivity index (χ3n) is 2.91. The topological polar surface area (TPSA) is 63.2 Å². The van der Waals surface area contributed by atoms with E-state index in [4.69, 9.17) is 10.7 Å². The SMILES string of the molecule is CC(C)CCCCNC(=O)c1cc(F)cc(S(=O)(=O)Cl)c1. The summed E-state index contributed by atoms with van der Waals surface area (Å²) in [5.74, 6) is -0.720. The number of benzene rings is 1. The van der Waals surface area contributed by atoms with Gasteiger partial charge in [-0.05, 0) is 30.5 Å².